The zero-order valence-corrected chi connectivity index (χ0v) is 13.0. The van der Waals surface area contributed by atoms with Gasteiger partial charge in [0.25, 0.3) is 0 Å². The fraction of sp³-hybridized carbons (Fsp3) is 0.412. The first-order valence-electron chi connectivity index (χ1n) is 7.45. The van der Waals surface area contributed by atoms with E-state index >= 15 is 0 Å². The Morgan fingerprint density at radius 3 is 2.65 bits per heavy atom. The molecule has 0 bridgehead atoms. The van der Waals surface area contributed by atoms with Gasteiger partial charge in [-0.15, -0.1) is 6.42 Å². The lowest BCUT2D eigenvalue weighted by atomic mass is 10.2. The number of carbonyl (C=O) groups excluding carboxylic acids is 2. The normalized spacial score (nSPS) is 9.70. The van der Waals surface area contributed by atoms with E-state index in [2.05, 4.69) is 16.6 Å². The van der Waals surface area contributed by atoms with Crippen LogP contribution in [0.4, 0.5) is 4.79 Å². The molecule has 0 spiro atoms. The largest absolute Gasteiger partial charge is 0.445 e. The molecular formula is C17H22N2O4. The third-order valence-corrected chi connectivity index (χ3v) is 2.82. The average Bonchev–Trinajstić information content (AvgIpc) is 2.57. The topological polar surface area (TPSA) is 76.7 Å². The predicted octanol–water partition coefficient (Wildman–Crippen LogP) is 1.46. The fourth-order valence-corrected chi connectivity index (χ4v) is 1.70. The van der Waals surface area contributed by atoms with Crippen LogP contribution in [0.25, 0.3) is 0 Å². The molecule has 1 aromatic rings. The monoisotopic (exact) mass is 318 g/mol. The summed E-state index contributed by atoms with van der Waals surface area (Å²) in [5, 5.41) is 5.30. The molecule has 0 aliphatic heterocycles. The lowest BCUT2D eigenvalue weighted by Gasteiger charge is -2.07. The van der Waals surface area contributed by atoms with Crippen LogP contribution in [0.5, 0.6) is 0 Å². The average molecular weight is 318 g/mol. The molecule has 0 aliphatic carbocycles. The molecule has 0 saturated heterocycles. The van der Waals surface area contributed by atoms with Gasteiger partial charge in [0.1, 0.15) is 13.2 Å². The first kappa shape index (κ1) is 18.5. The lowest BCUT2D eigenvalue weighted by Crippen LogP contribution is -2.29. The SMILES string of the molecule is C#CCOCCNC(=O)CCCNC(=O)OCc1ccccc1. The number of terminal acetylenes is 1. The maximum Gasteiger partial charge on any atom is 0.407 e. The Morgan fingerprint density at radius 2 is 1.91 bits per heavy atom. The van der Waals surface area contributed by atoms with Gasteiger partial charge in [0.2, 0.25) is 5.91 Å². The molecule has 124 valence electrons. The van der Waals surface area contributed by atoms with E-state index in [1.807, 2.05) is 30.3 Å². The highest BCUT2D eigenvalue weighted by atomic mass is 16.5. The molecule has 2 amide bonds. The van der Waals surface area contributed by atoms with E-state index in [-0.39, 0.29) is 19.1 Å². The quantitative estimate of drug-likeness (QED) is 0.506. The highest BCUT2D eigenvalue weighted by molar-refractivity contribution is 5.75. The Kier molecular flexibility index (Phi) is 9.72. The van der Waals surface area contributed by atoms with Crippen LogP contribution >= 0.6 is 0 Å². The summed E-state index contributed by atoms with van der Waals surface area (Å²) in [6, 6.07) is 9.42. The fourth-order valence-electron chi connectivity index (χ4n) is 1.70. The van der Waals surface area contributed by atoms with E-state index < -0.39 is 6.09 Å². The standard InChI is InChI=1S/C17H22N2O4/c1-2-12-22-13-11-18-16(20)9-6-10-19-17(21)23-14-15-7-4-3-5-8-15/h1,3-5,7-8H,6,9-14H2,(H,18,20)(H,19,21). The van der Waals surface area contributed by atoms with Crippen LogP contribution < -0.4 is 10.6 Å². The first-order valence-corrected chi connectivity index (χ1v) is 7.45. The minimum Gasteiger partial charge on any atom is -0.445 e. The highest BCUT2D eigenvalue weighted by Gasteiger charge is 2.04. The number of carbonyl (C=O) groups is 2. The second kappa shape index (κ2) is 12.1. The molecule has 0 fully saturated rings. The van der Waals surface area contributed by atoms with Gasteiger partial charge in [-0.2, -0.15) is 0 Å². The van der Waals surface area contributed by atoms with Crippen molar-refractivity contribution in [2.24, 2.45) is 0 Å². The highest BCUT2D eigenvalue weighted by Crippen LogP contribution is 2.00. The van der Waals surface area contributed by atoms with Crippen molar-refractivity contribution in [1.29, 1.82) is 0 Å². The Morgan fingerprint density at radius 1 is 1.13 bits per heavy atom. The van der Waals surface area contributed by atoms with Crippen molar-refractivity contribution in [3.05, 3.63) is 35.9 Å². The second-order valence-corrected chi connectivity index (χ2v) is 4.70. The summed E-state index contributed by atoms with van der Waals surface area (Å²) in [4.78, 5) is 22.9. The van der Waals surface area contributed by atoms with Crippen LogP contribution in [-0.2, 0) is 20.9 Å². The number of ether oxygens (including phenoxy) is 2. The van der Waals surface area contributed by atoms with Crippen molar-refractivity contribution in [3.63, 3.8) is 0 Å². The van der Waals surface area contributed by atoms with Gasteiger partial charge in [0.05, 0.1) is 6.61 Å². The van der Waals surface area contributed by atoms with Gasteiger partial charge in [-0.05, 0) is 12.0 Å². The molecule has 2 N–H and O–H groups in total. The molecule has 23 heavy (non-hydrogen) atoms. The summed E-state index contributed by atoms with van der Waals surface area (Å²) in [5.74, 6) is 2.25. The molecule has 0 radical (unpaired) electrons. The van der Waals surface area contributed by atoms with Crippen molar-refractivity contribution in [1.82, 2.24) is 10.6 Å². The summed E-state index contributed by atoms with van der Waals surface area (Å²) in [5.41, 5.74) is 0.925. The number of rotatable bonds is 10. The zero-order valence-electron chi connectivity index (χ0n) is 13.0. The Bertz CT molecular complexity index is 511. The Hall–Kier alpha value is -2.52. The van der Waals surface area contributed by atoms with Crippen molar-refractivity contribution in [2.45, 2.75) is 19.4 Å². The van der Waals surface area contributed by atoms with E-state index in [1.165, 1.54) is 0 Å². The van der Waals surface area contributed by atoms with Gasteiger partial charge in [0, 0.05) is 19.5 Å². The summed E-state index contributed by atoms with van der Waals surface area (Å²) >= 11 is 0. The molecule has 0 unspecified atom stereocenters. The predicted molar refractivity (Wildman–Crippen MR) is 86.5 cm³/mol. The summed E-state index contributed by atoms with van der Waals surface area (Å²) in [6.45, 7) is 1.66. The van der Waals surface area contributed by atoms with Crippen LogP contribution in [0.15, 0.2) is 30.3 Å². The maximum absolute atomic E-state index is 11.5. The molecular weight excluding hydrogens is 296 g/mol. The van der Waals surface area contributed by atoms with Crippen LogP contribution in [0.2, 0.25) is 0 Å². The summed E-state index contributed by atoms with van der Waals surface area (Å²) < 4.78 is 10.1. The van der Waals surface area contributed by atoms with Gasteiger partial charge in [-0.1, -0.05) is 36.3 Å². The van der Waals surface area contributed by atoms with Crippen LogP contribution in [0.1, 0.15) is 18.4 Å². The second-order valence-electron chi connectivity index (χ2n) is 4.70. The molecule has 0 saturated carbocycles. The minimum atomic E-state index is -0.489. The molecule has 0 aromatic heterocycles. The minimum absolute atomic E-state index is 0.0891. The summed E-state index contributed by atoms with van der Waals surface area (Å²) in [6.07, 6.45) is 5.40. The molecule has 0 heterocycles. The molecule has 1 rings (SSSR count). The third-order valence-electron chi connectivity index (χ3n) is 2.82. The van der Waals surface area contributed by atoms with Crippen LogP contribution in [0.3, 0.4) is 0 Å². The van der Waals surface area contributed by atoms with E-state index in [1.54, 1.807) is 0 Å². The van der Waals surface area contributed by atoms with E-state index in [0.717, 1.165) is 5.56 Å². The van der Waals surface area contributed by atoms with Gasteiger partial charge >= 0.3 is 6.09 Å². The zero-order chi connectivity index (χ0) is 16.8. The Balaban J connectivity index is 1.98. The number of benzene rings is 1. The Labute approximate surface area is 136 Å². The van der Waals surface area contributed by atoms with Crippen molar-refractivity contribution in [2.75, 3.05) is 26.3 Å². The number of hydrogen-bond donors (Lipinski definition) is 2. The number of nitrogens with one attached hydrogen (secondary N) is 2. The number of alkyl carbamates (subject to hydrolysis) is 1. The van der Waals surface area contributed by atoms with Crippen LogP contribution in [0, 0.1) is 12.3 Å². The lowest BCUT2D eigenvalue weighted by molar-refractivity contribution is -0.121. The first-order chi connectivity index (χ1) is 11.2. The molecule has 6 heteroatoms. The van der Waals surface area contributed by atoms with Gasteiger partial charge in [-0.25, -0.2) is 4.79 Å². The van der Waals surface area contributed by atoms with E-state index in [9.17, 15) is 9.59 Å². The summed E-state index contributed by atoms with van der Waals surface area (Å²) in [7, 11) is 0. The molecule has 0 aliphatic rings. The van der Waals surface area contributed by atoms with Gasteiger partial charge in [0.15, 0.2) is 0 Å². The maximum atomic E-state index is 11.5. The number of hydrogen-bond acceptors (Lipinski definition) is 4. The smallest absolute Gasteiger partial charge is 0.407 e. The van der Waals surface area contributed by atoms with Gasteiger partial charge in [-0.3, -0.25) is 4.79 Å². The van der Waals surface area contributed by atoms with Crippen LogP contribution in [-0.4, -0.2) is 38.3 Å². The van der Waals surface area contributed by atoms with Crippen molar-refractivity contribution >= 4 is 12.0 Å². The number of amides is 2. The van der Waals surface area contributed by atoms with Gasteiger partial charge < -0.3 is 20.1 Å². The van der Waals surface area contributed by atoms with Crippen molar-refractivity contribution < 1.29 is 19.1 Å². The van der Waals surface area contributed by atoms with E-state index in [0.29, 0.717) is 32.5 Å². The molecule has 6 nitrogen and oxygen atoms in total. The van der Waals surface area contributed by atoms with Crippen molar-refractivity contribution in [3.8, 4) is 12.3 Å². The molecule has 0 atom stereocenters. The van der Waals surface area contributed by atoms with E-state index in [4.69, 9.17) is 15.9 Å². The third kappa shape index (κ3) is 9.93. The molecule has 1 aromatic carbocycles.